The van der Waals surface area contributed by atoms with Crippen LogP contribution in [0, 0.1) is 0 Å². The fourth-order valence-corrected chi connectivity index (χ4v) is 3.87. The molecule has 1 amide bonds. The number of nitrogens with one attached hydrogen (secondary N) is 2. The first-order valence-electron chi connectivity index (χ1n) is 10.7. The van der Waals surface area contributed by atoms with Gasteiger partial charge in [0.2, 0.25) is 5.95 Å². The molecule has 3 aromatic rings. The molecule has 4 rings (SSSR count). The molecule has 0 saturated carbocycles. The first kappa shape index (κ1) is 23.3. The zero-order chi connectivity index (χ0) is 24.6. The van der Waals surface area contributed by atoms with Crippen LogP contribution in [0.15, 0.2) is 59.8 Å². The Balaban J connectivity index is 1.81. The van der Waals surface area contributed by atoms with Crippen LogP contribution in [0.5, 0.6) is 5.75 Å². The van der Waals surface area contributed by atoms with E-state index in [1.54, 1.807) is 43.3 Å². The lowest BCUT2D eigenvalue weighted by atomic mass is 9.92. The van der Waals surface area contributed by atoms with E-state index in [4.69, 9.17) is 4.74 Å². The smallest absolute Gasteiger partial charge is 0.453 e. The Labute approximate surface area is 194 Å². The molecule has 0 unspecified atom stereocenters. The molecule has 0 fully saturated rings. The zero-order valence-corrected chi connectivity index (χ0v) is 19.1. The summed E-state index contributed by atoms with van der Waals surface area (Å²) >= 11 is 0. The lowest BCUT2D eigenvalue weighted by molar-refractivity contribution is -0.145. The number of benzene rings is 2. The molecule has 0 bridgehead atoms. The SMILES string of the molecule is COc1ccccc1NC(=O)C1=C(C)Nc2nc(C(F)(F)F)nn2[C@H]1c1ccc(C(C)C)cc1. The summed E-state index contributed by atoms with van der Waals surface area (Å²) in [5.74, 6) is -1.14. The Morgan fingerprint density at radius 2 is 1.82 bits per heavy atom. The van der Waals surface area contributed by atoms with Crippen molar-refractivity contribution in [1.29, 1.82) is 0 Å². The standard InChI is InChI=1S/C24H24F3N5O2/c1-13(2)15-9-11-16(12-10-15)20-19(21(33)29-17-7-5-6-8-18(17)34-4)14(3)28-23-30-22(24(25,26)27)31-32(20)23/h5-13,20H,1-4H3,(H,29,33)(H,28,30,31)/t20-/m0/s1. The number of aromatic nitrogens is 3. The maximum absolute atomic E-state index is 13.5. The number of methoxy groups -OCH3 is 1. The molecular weight excluding hydrogens is 447 g/mol. The first-order valence-corrected chi connectivity index (χ1v) is 10.7. The summed E-state index contributed by atoms with van der Waals surface area (Å²) < 4.78 is 46.6. The van der Waals surface area contributed by atoms with Crippen LogP contribution in [-0.4, -0.2) is 27.8 Å². The van der Waals surface area contributed by atoms with Crippen molar-refractivity contribution in [3.63, 3.8) is 0 Å². The number of para-hydroxylation sites is 2. The van der Waals surface area contributed by atoms with Gasteiger partial charge in [-0.15, -0.1) is 5.10 Å². The molecule has 34 heavy (non-hydrogen) atoms. The molecule has 0 aliphatic carbocycles. The highest BCUT2D eigenvalue weighted by atomic mass is 19.4. The number of anilines is 2. The molecule has 1 aliphatic rings. The Hall–Kier alpha value is -3.82. The topological polar surface area (TPSA) is 81.1 Å². The maximum Gasteiger partial charge on any atom is 0.453 e. The van der Waals surface area contributed by atoms with Crippen molar-refractivity contribution in [2.45, 2.75) is 38.9 Å². The number of halogens is 3. The lowest BCUT2D eigenvalue weighted by Gasteiger charge is -2.29. The Bertz CT molecular complexity index is 1250. The van der Waals surface area contributed by atoms with Gasteiger partial charge in [-0.3, -0.25) is 4.79 Å². The highest BCUT2D eigenvalue weighted by Crippen LogP contribution is 2.38. The number of carbonyl (C=O) groups is 1. The number of rotatable bonds is 5. The van der Waals surface area contributed by atoms with Gasteiger partial charge in [0.1, 0.15) is 11.8 Å². The van der Waals surface area contributed by atoms with Crippen LogP contribution in [0.1, 0.15) is 49.7 Å². The highest BCUT2D eigenvalue weighted by Gasteiger charge is 2.41. The maximum atomic E-state index is 13.5. The summed E-state index contributed by atoms with van der Waals surface area (Å²) in [5, 5.41) is 9.34. The number of ether oxygens (including phenoxy) is 1. The molecule has 2 N–H and O–H groups in total. The van der Waals surface area contributed by atoms with Crippen LogP contribution in [-0.2, 0) is 11.0 Å². The van der Waals surface area contributed by atoms with E-state index in [0.717, 1.165) is 10.2 Å². The second-order valence-electron chi connectivity index (χ2n) is 8.24. The number of hydrogen-bond donors (Lipinski definition) is 2. The Morgan fingerprint density at radius 3 is 2.44 bits per heavy atom. The molecule has 1 aromatic heterocycles. The molecule has 0 radical (unpaired) electrons. The van der Waals surface area contributed by atoms with Gasteiger partial charge in [0, 0.05) is 5.70 Å². The predicted octanol–water partition coefficient (Wildman–Crippen LogP) is 5.36. The Kier molecular flexibility index (Phi) is 6.07. The molecule has 2 heterocycles. The van der Waals surface area contributed by atoms with E-state index < -0.39 is 23.9 Å². The largest absolute Gasteiger partial charge is 0.495 e. The predicted molar refractivity (Wildman–Crippen MR) is 122 cm³/mol. The average Bonchev–Trinajstić information content (AvgIpc) is 3.22. The van der Waals surface area contributed by atoms with E-state index in [9.17, 15) is 18.0 Å². The van der Waals surface area contributed by atoms with Gasteiger partial charge in [0.15, 0.2) is 0 Å². The van der Waals surface area contributed by atoms with Crippen LogP contribution in [0.3, 0.4) is 0 Å². The average molecular weight is 471 g/mol. The molecule has 178 valence electrons. The summed E-state index contributed by atoms with van der Waals surface area (Å²) in [6, 6.07) is 13.4. The summed E-state index contributed by atoms with van der Waals surface area (Å²) in [4.78, 5) is 17.1. The van der Waals surface area contributed by atoms with E-state index in [-0.39, 0.29) is 17.4 Å². The van der Waals surface area contributed by atoms with Gasteiger partial charge in [-0.25, -0.2) is 4.68 Å². The molecule has 1 atom stereocenters. The minimum absolute atomic E-state index is 0.0865. The fourth-order valence-electron chi connectivity index (χ4n) is 3.87. The van der Waals surface area contributed by atoms with Gasteiger partial charge in [-0.1, -0.05) is 50.2 Å². The quantitative estimate of drug-likeness (QED) is 0.524. The molecular formula is C24H24F3N5O2. The van der Waals surface area contributed by atoms with Crippen LogP contribution >= 0.6 is 0 Å². The van der Waals surface area contributed by atoms with Gasteiger partial charge in [-0.2, -0.15) is 18.2 Å². The number of amides is 1. The third-order valence-electron chi connectivity index (χ3n) is 5.62. The fraction of sp³-hybridized carbons (Fsp3) is 0.292. The summed E-state index contributed by atoms with van der Waals surface area (Å²) in [5.41, 5.74) is 2.70. The van der Waals surface area contributed by atoms with Gasteiger partial charge < -0.3 is 15.4 Å². The van der Waals surface area contributed by atoms with Gasteiger partial charge in [0.05, 0.1) is 18.4 Å². The minimum atomic E-state index is -4.73. The molecule has 10 heteroatoms. The van der Waals surface area contributed by atoms with Gasteiger partial charge >= 0.3 is 6.18 Å². The van der Waals surface area contributed by atoms with Crippen molar-refractivity contribution < 1.29 is 22.7 Å². The number of allylic oxidation sites excluding steroid dienone is 1. The summed E-state index contributed by atoms with van der Waals surface area (Å²) in [7, 11) is 1.48. The molecule has 7 nitrogen and oxygen atoms in total. The number of carbonyl (C=O) groups excluding carboxylic acids is 1. The lowest BCUT2D eigenvalue weighted by Crippen LogP contribution is -2.31. The van der Waals surface area contributed by atoms with E-state index in [1.165, 1.54) is 7.11 Å². The second-order valence-corrected chi connectivity index (χ2v) is 8.24. The third-order valence-corrected chi connectivity index (χ3v) is 5.62. The molecule has 2 aromatic carbocycles. The molecule has 0 saturated heterocycles. The first-order chi connectivity index (χ1) is 16.1. The van der Waals surface area contributed by atoms with Crippen LogP contribution < -0.4 is 15.4 Å². The number of fused-ring (bicyclic) bond motifs is 1. The normalized spacial score (nSPS) is 15.7. The Morgan fingerprint density at radius 1 is 1.15 bits per heavy atom. The van der Waals surface area contributed by atoms with Crippen molar-refractivity contribution in [3.8, 4) is 5.75 Å². The van der Waals surface area contributed by atoms with Crippen molar-refractivity contribution in [1.82, 2.24) is 14.8 Å². The summed E-state index contributed by atoms with van der Waals surface area (Å²) in [6.07, 6.45) is -4.73. The van der Waals surface area contributed by atoms with E-state index >= 15 is 0 Å². The van der Waals surface area contributed by atoms with Crippen molar-refractivity contribution >= 4 is 17.5 Å². The monoisotopic (exact) mass is 471 g/mol. The van der Waals surface area contributed by atoms with Gasteiger partial charge in [-0.05, 0) is 36.1 Å². The van der Waals surface area contributed by atoms with Crippen molar-refractivity contribution in [3.05, 3.63) is 76.8 Å². The second kappa shape index (κ2) is 8.85. The van der Waals surface area contributed by atoms with E-state index in [1.807, 2.05) is 26.0 Å². The zero-order valence-electron chi connectivity index (χ0n) is 19.1. The molecule has 0 spiro atoms. The minimum Gasteiger partial charge on any atom is -0.495 e. The van der Waals surface area contributed by atoms with E-state index in [2.05, 4.69) is 20.7 Å². The number of alkyl halides is 3. The molecule has 1 aliphatic heterocycles. The number of nitrogens with zero attached hydrogens (tertiary/aromatic N) is 3. The van der Waals surface area contributed by atoms with E-state index in [0.29, 0.717) is 22.7 Å². The summed E-state index contributed by atoms with van der Waals surface area (Å²) in [6.45, 7) is 5.71. The highest BCUT2D eigenvalue weighted by molar-refractivity contribution is 6.06. The van der Waals surface area contributed by atoms with Gasteiger partial charge in [0.25, 0.3) is 11.7 Å². The van der Waals surface area contributed by atoms with Crippen LogP contribution in [0.25, 0.3) is 0 Å². The van der Waals surface area contributed by atoms with Crippen molar-refractivity contribution in [2.75, 3.05) is 17.7 Å². The van der Waals surface area contributed by atoms with Crippen molar-refractivity contribution in [2.24, 2.45) is 0 Å². The van der Waals surface area contributed by atoms with Crippen LogP contribution in [0.4, 0.5) is 24.8 Å². The third kappa shape index (κ3) is 4.35. The number of hydrogen-bond acceptors (Lipinski definition) is 5. The van der Waals surface area contributed by atoms with Crippen LogP contribution in [0.2, 0.25) is 0 Å².